The number of nitrogens with zero attached hydrogens (tertiary/aromatic N) is 2. The summed E-state index contributed by atoms with van der Waals surface area (Å²) in [6.07, 6.45) is 3.08. The number of esters is 1. The van der Waals surface area contributed by atoms with Crippen molar-refractivity contribution >= 4 is 33.4 Å². The number of aromatic nitrogens is 2. The summed E-state index contributed by atoms with van der Waals surface area (Å²) in [5.41, 5.74) is 3.65. The van der Waals surface area contributed by atoms with Crippen LogP contribution in [0.5, 0.6) is 0 Å². The molecule has 2 unspecified atom stereocenters. The first-order valence-corrected chi connectivity index (χ1v) is 13.0. The lowest BCUT2D eigenvalue weighted by Crippen LogP contribution is -2.15. The van der Waals surface area contributed by atoms with Crippen molar-refractivity contribution in [3.8, 4) is 11.3 Å². The van der Waals surface area contributed by atoms with Crippen molar-refractivity contribution in [2.75, 3.05) is 18.4 Å². The SMILES string of the molecule is CC1CCCO1.COC(=O)c1cccc(S(=N)(=O)Nc2nc(Cl)cc(-c3c(C)cccc3C)n2)c1. The maximum absolute atomic E-state index is 13.0. The number of anilines is 1. The van der Waals surface area contributed by atoms with E-state index in [0.29, 0.717) is 11.8 Å². The minimum absolute atomic E-state index is 0.0429. The highest BCUT2D eigenvalue weighted by molar-refractivity contribution is 7.93. The number of aryl methyl sites for hydroxylation is 2. The van der Waals surface area contributed by atoms with Crippen LogP contribution in [0.1, 0.15) is 41.3 Å². The first-order valence-electron chi connectivity index (χ1n) is 11.1. The maximum atomic E-state index is 13.0. The fraction of sp³-hybridized carbons (Fsp3) is 0.320. The van der Waals surface area contributed by atoms with Crippen molar-refractivity contribution in [1.29, 1.82) is 4.78 Å². The van der Waals surface area contributed by atoms with Gasteiger partial charge in [0.25, 0.3) is 0 Å². The monoisotopic (exact) mass is 516 g/mol. The van der Waals surface area contributed by atoms with Crippen LogP contribution < -0.4 is 4.72 Å². The molecular weight excluding hydrogens is 488 g/mol. The van der Waals surface area contributed by atoms with Gasteiger partial charge in [-0.2, -0.15) is 0 Å². The highest BCUT2D eigenvalue weighted by Crippen LogP contribution is 2.28. The van der Waals surface area contributed by atoms with Gasteiger partial charge in [-0.15, -0.1) is 0 Å². The van der Waals surface area contributed by atoms with E-state index in [4.69, 9.17) is 21.1 Å². The zero-order valence-electron chi connectivity index (χ0n) is 20.1. The standard InChI is InChI=1S/C20H19ClN4O3S.C5H10O/c1-12-6-4-7-13(2)18(12)16-11-17(21)24-20(23-16)25-29(22,27)15-9-5-8-14(10-15)19(26)28-3;1-5-3-2-4-6-5/h4-11H,1-3H3,(H2,22,23,24,25,27);5H,2-4H2,1H3. The quantitative estimate of drug-likeness (QED) is 0.326. The Morgan fingerprint density at radius 2 is 1.86 bits per heavy atom. The topological polar surface area (TPSA) is 114 Å². The predicted molar refractivity (Wildman–Crippen MR) is 137 cm³/mol. The Hall–Kier alpha value is -3.01. The first kappa shape index (κ1) is 26.6. The lowest BCUT2D eigenvalue weighted by atomic mass is 10.00. The number of carbonyl (C=O) groups is 1. The van der Waals surface area contributed by atoms with E-state index in [9.17, 15) is 9.00 Å². The van der Waals surface area contributed by atoms with Crippen LogP contribution in [-0.4, -0.2) is 40.0 Å². The van der Waals surface area contributed by atoms with Crippen LogP contribution in [0, 0.1) is 18.6 Å². The molecule has 1 aliphatic heterocycles. The van der Waals surface area contributed by atoms with Crippen molar-refractivity contribution < 1.29 is 18.5 Å². The molecule has 0 spiro atoms. The smallest absolute Gasteiger partial charge is 0.337 e. The van der Waals surface area contributed by atoms with E-state index in [1.165, 1.54) is 44.2 Å². The van der Waals surface area contributed by atoms with Crippen molar-refractivity contribution in [3.05, 3.63) is 70.4 Å². The van der Waals surface area contributed by atoms with E-state index < -0.39 is 15.9 Å². The number of carbonyl (C=O) groups excluding carboxylic acids is 1. The van der Waals surface area contributed by atoms with Crippen LogP contribution in [0.2, 0.25) is 5.15 Å². The molecule has 2 aromatic carbocycles. The van der Waals surface area contributed by atoms with Crippen molar-refractivity contribution in [2.45, 2.75) is 44.6 Å². The largest absolute Gasteiger partial charge is 0.465 e. The van der Waals surface area contributed by atoms with Crippen LogP contribution in [0.3, 0.4) is 0 Å². The van der Waals surface area contributed by atoms with Crippen molar-refractivity contribution in [2.24, 2.45) is 0 Å². The third-order valence-corrected chi connectivity index (χ3v) is 6.99. The molecule has 8 nitrogen and oxygen atoms in total. The van der Waals surface area contributed by atoms with Gasteiger partial charge in [-0.05, 0) is 62.9 Å². The average molecular weight is 517 g/mol. The summed E-state index contributed by atoms with van der Waals surface area (Å²) in [6.45, 7) is 7.02. The molecule has 2 atom stereocenters. The molecule has 1 saturated heterocycles. The van der Waals surface area contributed by atoms with Gasteiger partial charge in [-0.3, -0.25) is 4.72 Å². The second-order valence-electron chi connectivity index (χ2n) is 8.17. The Morgan fingerprint density at radius 3 is 2.43 bits per heavy atom. The molecule has 0 radical (unpaired) electrons. The molecule has 2 N–H and O–H groups in total. The number of halogens is 1. The Labute approximate surface area is 211 Å². The van der Waals surface area contributed by atoms with Gasteiger partial charge < -0.3 is 9.47 Å². The maximum Gasteiger partial charge on any atom is 0.337 e. The summed E-state index contributed by atoms with van der Waals surface area (Å²) in [6, 6.07) is 13.3. The van der Waals surface area contributed by atoms with Gasteiger partial charge in [0, 0.05) is 18.2 Å². The van der Waals surface area contributed by atoms with E-state index >= 15 is 0 Å². The second-order valence-corrected chi connectivity index (χ2v) is 10.3. The van der Waals surface area contributed by atoms with Crippen molar-refractivity contribution in [3.63, 3.8) is 0 Å². The van der Waals surface area contributed by atoms with Crippen LogP contribution in [0.4, 0.5) is 5.95 Å². The third-order valence-electron chi connectivity index (χ3n) is 5.41. The molecule has 10 heteroatoms. The van der Waals surface area contributed by atoms with Crippen LogP contribution in [-0.2, 0) is 19.4 Å². The third kappa shape index (κ3) is 7.00. The molecule has 186 valence electrons. The molecule has 4 rings (SSSR count). The summed E-state index contributed by atoms with van der Waals surface area (Å²) < 4.78 is 33.6. The Bertz CT molecular complexity index is 1290. The lowest BCUT2D eigenvalue weighted by molar-refractivity contribution is 0.0600. The Kier molecular flexibility index (Phi) is 8.82. The fourth-order valence-electron chi connectivity index (χ4n) is 3.66. The van der Waals surface area contributed by atoms with E-state index in [2.05, 4.69) is 26.4 Å². The number of hydrogen-bond donors (Lipinski definition) is 2. The molecule has 2 heterocycles. The molecule has 1 fully saturated rings. The minimum Gasteiger partial charge on any atom is -0.465 e. The van der Waals surface area contributed by atoms with Crippen LogP contribution in [0.25, 0.3) is 11.3 Å². The zero-order chi connectivity index (χ0) is 25.6. The second kappa shape index (κ2) is 11.6. The molecule has 0 bridgehead atoms. The Morgan fingerprint density at radius 1 is 1.17 bits per heavy atom. The predicted octanol–water partition coefficient (Wildman–Crippen LogP) is 5.82. The molecule has 35 heavy (non-hydrogen) atoms. The number of nitrogens with one attached hydrogen (secondary N) is 2. The van der Waals surface area contributed by atoms with Gasteiger partial charge in [-0.25, -0.2) is 23.8 Å². The van der Waals surface area contributed by atoms with Gasteiger partial charge in [-0.1, -0.05) is 35.9 Å². The van der Waals surface area contributed by atoms with E-state index in [1.54, 1.807) is 6.07 Å². The van der Waals surface area contributed by atoms with Gasteiger partial charge in [0.1, 0.15) is 5.15 Å². The summed E-state index contributed by atoms with van der Waals surface area (Å²) in [7, 11) is -2.30. The number of methoxy groups -OCH3 is 1. The van der Waals surface area contributed by atoms with E-state index in [-0.39, 0.29) is 21.6 Å². The molecular formula is C25H29ClN4O4S. The molecule has 3 aromatic rings. The number of ether oxygens (including phenoxy) is 2. The fourth-order valence-corrected chi connectivity index (χ4v) is 4.87. The number of hydrogen-bond acceptors (Lipinski definition) is 7. The normalized spacial score (nSPS) is 16.5. The van der Waals surface area contributed by atoms with Crippen LogP contribution in [0.15, 0.2) is 53.4 Å². The average Bonchev–Trinajstić information content (AvgIpc) is 3.29. The minimum atomic E-state index is -3.55. The van der Waals surface area contributed by atoms with Crippen molar-refractivity contribution in [1.82, 2.24) is 9.97 Å². The van der Waals surface area contributed by atoms with E-state index in [0.717, 1.165) is 23.3 Å². The molecule has 0 amide bonds. The number of rotatable bonds is 5. The van der Waals surface area contributed by atoms with Gasteiger partial charge in [0.05, 0.1) is 29.4 Å². The molecule has 0 aliphatic carbocycles. The molecule has 1 aliphatic rings. The summed E-state index contributed by atoms with van der Waals surface area (Å²) in [5.74, 6) is -0.628. The van der Waals surface area contributed by atoms with E-state index in [1.807, 2.05) is 32.0 Å². The highest BCUT2D eigenvalue weighted by Gasteiger charge is 2.17. The number of benzene rings is 2. The molecule has 0 saturated carbocycles. The van der Waals surface area contributed by atoms with Gasteiger partial charge >= 0.3 is 5.97 Å². The highest BCUT2D eigenvalue weighted by atomic mass is 35.5. The van der Waals surface area contributed by atoms with Gasteiger partial charge in [0.2, 0.25) is 5.95 Å². The van der Waals surface area contributed by atoms with Crippen LogP contribution >= 0.6 is 11.6 Å². The zero-order valence-corrected chi connectivity index (χ0v) is 21.7. The van der Waals surface area contributed by atoms with Gasteiger partial charge in [0.15, 0.2) is 9.92 Å². The summed E-state index contributed by atoms with van der Waals surface area (Å²) >= 11 is 6.16. The first-order chi connectivity index (χ1) is 16.6. The summed E-state index contributed by atoms with van der Waals surface area (Å²) in [5, 5.41) is 0.152. The molecule has 1 aromatic heterocycles. The Balaban J connectivity index is 0.000000497. The summed E-state index contributed by atoms with van der Waals surface area (Å²) in [4.78, 5) is 20.3. The lowest BCUT2D eigenvalue weighted by Gasteiger charge is -2.13.